The van der Waals surface area contributed by atoms with E-state index in [4.69, 9.17) is 0 Å². The molecule has 0 saturated carbocycles. The van der Waals surface area contributed by atoms with E-state index < -0.39 is 0 Å². The number of rotatable bonds is 3. The highest BCUT2D eigenvalue weighted by molar-refractivity contribution is 5.19. The molecule has 1 aliphatic heterocycles. The summed E-state index contributed by atoms with van der Waals surface area (Å²) in [6, 6.07) is 10.9. The van der Waals surface area contributed by atoms with E-state index >= 15 is 0 Å². The summed E-state index contributed by atoms with van der Waals surface area (Å²) < 4.78 is 13.0. The molecule has 0 aromatic heterocycles. The normalized spacial score (nSPS) is 26.0. The second kappa shape index (κ2) is 4.77. The predicted molar refractivity (Wildman–Crippen MR) is 69.7 cm³/mol. The first-order chi connectivity index (χ1) is 8.04. The minimum Gasteiger partial charge on any atom is -0.296 e. The van der Waals surface area contributed by atoms with Gasteiger partial charge in [-0.1, -0.05) is 44.2 Å². The number of nitrogens with zero attached hydrogens (tertiary/aromatic N) is 1. The molecule has 1 aliphatic rings. The molecule has 0 amide bonds. The van der Waals surface area contributed by atoms with Crippen LogP contribution in [-0.2, 0) is 0 Å². The van der Waals surface area contributed by atoms with Crippen LogP contribution in [0.25, 0.3) is 0 Å². The molecule has 2 atom stereocenters. The molecule has 0 aliphatic carbocycles. The Hall–Kier alpha value is -0.890. The zero-order valence-electron chi connectivity index (χ0n) is 11.0. The maximum Gasteiger partial charge on any atom is 0.0940 e. The lowest BCUT2D eigenvalue weighted by Crippen LogP contribution is -2.26. The number of likely N-dealkylation sites (tertiary alicyclic amines) is 1. The van der Waals surface area contributed by atoms with Gasteiger partial charge in [0.15, 0.2) is 0 Å². The lowest BCUT2D eigenvalue weighted by molar-refractivity contribution is 0.224. The standard InChI is InChI=1S/C15H22FN/c1-12(13-7-5-4-6-8-13)17-10-14(9-16)15(2,3)11-17/h4-8,12,14H,9-11H2,1-3H3/t12-,14+/m1/s1. The fourth-order valence-corrected chi connectivity index (χ4v) is 2.74. The van der Waals surface area contributed by atoms with Gasteiger partial charge >= 0.3 is 0 Å². The van der Waals surface area contributed by atoms with Gasteiger partial charge in [0.05, 0.1) is 6.67 Å². The lowest BCUT2D eigenvalue weighted by Gasteiger charge is -2.26. The van der Waals surface area contributed by atoms with E-state index in [1.165, 1.54) is 5.56 Å². The van der Waals surface area contributed by atoms with E-state index in [1.54, 1.807) is 0 Å². The maximum atomic E-state index is 13.0. The second-order valence-electron chi connectivity index (χ2n) is 5.86. The van der Waals surface area contributed by atoms with Crippen LogP contribution in [0.1, 0.15) is 32.4 Å². The van der Waals surface area contributed by atoms with Crippen LogP contribution in [0.2, 0.25) is 0 Å². The molecule has 1 aromatic carbocycles. The molecule has 0 N–H and O–H groups in total. The fraction of sp³-hybridized carbons (Fsp3) is 0.600. The van der Waals surface area contributed by atoms with Crippen molar-refractivity contribution < 1.29 is 4.39 Å². The average Bonchev–Trinajstić information content (AvgIpc) is 2.64. The van der Waals surface area contributed by atoms with Gasteiger partial charge in [-0.2, -0.15) is 0 Å². The minimum absolute atomic E-state index is 0.0950. The van der Waals surface area contributed by atoms with Gasteiger partial charge in [-0.05, 0) is 17.9 Å². The van der Waals surface area contributed by atoms with Crippen LogP contribution < -0.4 is 0 Å². The molecule has 17 heavy (non-hydrogen) atoms. The first-order valence-electron chi connectivity index (χ1n) is 6.39. The Labute approximate surface area is 104 Å². The summed E-state index contributed by atoms with van der Waals surface area (Å²) in [5.41, 5.74) is 1.42. The summed E-state index contributed by atoms with van der Waals surface area (Å²) in [7, 11) is 0. The van der Waals surface area contributed by atoms with Gasteiger partial charge in [0.1, 0.15) is 0 Å². The summed E-state index contributed by atoms with van der Waals surface area (Å²) in [6.07, 6.45) is 0. The van der Waals surface area contributed by atoms with E-state index in [2.05, 4.69) is 49.9 Å². The first kappa shape index (κ1) is 12.6. The molecule has 1 nitrogen and oxygen atoms in total. The van der Waals surface area contributed by atoms with Gasteiger partial charge < -0.3 is 0 Å². The highest BCUT2D eigenvalue weighted by atomic mass is 19.1. The van der Waals surface area contributed by atoms with Crippen molar-refractivity contribution in [1.82, 2.24) is 4.90 Å². The van der Waals surface area contributed by atoms with Crippen molar-refractivity contribution in [3.8, 4) is 0 Å². The number of hydrogen-bond acceptors (Lipinski definition) is 1. The lowest BCUT2D eigenvalue weighted by atomic mass is 9.83. The van der Waals surface area contributed by atoms with Gasteiger partial charge in [0, 0.05) is 25.0 Å². The first-order valence-corrected chi connectivity index (χ1v) is 6.39. The van der Waals surface area contributed by atoms with Crippen LogP contribution >= 0.6 is 0 Å². The average molecular weight is 235 g/mol. The van der Waals surface area contributed by atoms with Crippen molar-refractivity contribution in [2.75, 3.05) is 19.8 Å². The monoisotopic (exact) mass is 235 g/mol. The summed E-state index contributed by atoms with van der Waals surface area (Å²) in [5.74, 6) is 0.175. The highest BCUT2D eigenvalue weighted by Gasteiger charge is 2.40. The molecule has 0 unspecified atom stereocenters. The van der Waals surface area contributed by atoms with Crippen molar-refractivity contribution in [2.45, 2.75) is 26.8 Å². The molecule has 2 rings (SSSR count). The zero-order chi connectivity index (χ0) is 12.5. The van der Waals surface area contributed by atoms with Crippen LogP contribution in [0.4, 0.5) is 4.39 Å². The van der Waals surface area contributed by atoms with E-state index in [0.717, 1.165) is 13.1 Å². The van der Waals surface area contributed by atoms with Crippen molar-refractivity contribution in [1.29, 1.82) is 0 Å². The predicted octanol–water partition coefficient (Wildman–Crippen LogP) is 3.68. The summed E-state index contributed by atoms with van der Waals surface area (Å²) in [6.45, 7) is 8.22. The van der Waals surface area contributed by atoms with Crippen LogP contribution in [0.5, 0.6) is 0 Å². The van der Waals surface area contributed by atoms with Crippen LogP contribution in [-0.4, -0.2) is 24.7 Å². The quantitative estimate of drug-likeness (QED) is 0.772. The molecule has 2 heteroatoms. The third-order valence-electron chi connectivity index (χ3n) is 4.19. The third kappa shape index (κ3) is 2.52. The Kier molecular flexibility index (Phi) is 3.53. The highest BCUT2D eigenvalue weighted by Crippen LogP contribution is 2.39. The van der Waals surface area contributed by atoms with E-state index in [-0.39, 0.29) is 18.0 Å². The van der Waals surface area contributed by atoms with Crippen molar-refractivity contribution >= 4 is 0 Å². The van der Waals surface area contributed by atoms with Gasteiger partial charge in [-0.25, -0.2) is 0 Å². The molecule has 1 saturated heterocycles. The Morgan fingerprint density at radius 2 is 2.00 bits per heavy atom. The van der Waals surface area contributed by atoms with Crippen LogP contribution in [0.3, 0.4) is 0 Å². The van der Waals surface area contributed by atoms with Gasteiger partial charge in [0.25, 0.3) is 0 Å². The minimum atomic E-state index is -0.203. The Balaban J connectivity index is 2.10. The molecular weight excluding hydrogens is 213 g/mol. The number of benzene rings is 1. The van der Waals surface area contributed by atoms with Gasteiger partial charge in [-0.15, -0.1) is 0 Å². The second-order valence-corrected chi connectivity index (χ2v) is 5.86. The topological polar surface area (TPSA) is 3.24 Å². The Morgan fingerprint density at radius 3 is 2.53 bits per heavy atom. The largest absolute Gasteiger partial charge is 0.296 e. The van der Waals surface area contributed by atoms with E-state index in [9.17, 15) is 4.39 Å². The molecule has 1 heterocycles. The Morgan fingerprint density at radius 1 is 1.35 bits per heavy atom. The van der Waals surface area contributed by atoms with E-state index in [0.29, 0.717) is 6.04 Å². The molecule has 1 fully saturated rings. The third-order valence-corrected chi connectivity index (χ3v) is 4.19. The van der Waals surface area contributed by atoms with Gasteiger partial charge in [0.2, 0.25) is 0 Å². The Bertz CT molecular complexity index is 360. The zero-order valence-corrected chi connectivity index (χ0v) is 11.0. The molecule has 0 radical (unpaired) electrons. The maximum absolute atomic E-state index is 13.0. The molecular formula is C15H22FN. The van der Waals surface area contributed by atoms with Crippen LogP contribution in [0.15, 0.2) is 30.3 Å². The number of halogens is 1. The summed E-state index contributed by atoms with van der Waals surface area (Å²) in [4.78, 5) is 2.40. The van der Waals surface area contributed by atoms with Gasteiger partial charge in [-0.3, -0.25) is 9.29 Å². The molecule has 0 spiro atoms. The van der Waals surface area contributed by atoms with Crippen LogP contribution in [0, 0.1) is 11.3 Å². The number of hydrogen-bond donors (Lipinski definition) is 0. The fourth-order valence-electron chi connectivity index (χ4n) is 2.74. The summed E-state index contributed by atoms with van der Waals surface area (Å²) in [5, 5.41) is 0. The smallest absolute Gasteiger partial charge is 0.0940 e. The van der Waals surface area contributed by atoms with Crippen molar-refractivity contribution in [3.63, 3.8) is 0 Å². The molecule has 94 valence electrons. The molecule has 0 bridgehead atoms. The van der Waals surface area contributed by atoms with E-state index in [1.807, 2.05) is 6.07 Å². The van der Waals surface area contributed by atoms with Crippen molar-refractivity contribution in [3.05, 3.63) is 35.9 Å². The number of alkyl halides is 1. The van der Waals surface area contributed by atoms with Crippen molar-refractivity contribution in [2.24, 2.45) is 11.3 Å². The molecule has 1 aromatic rings. The summed E-state index contributed by atoms with van der Waals surface area (Å²) >= 11 is 0. The SMILES string of the molecule is C[C@H](c1ccccc1)N1C[C@H](CF)C(C)(C)C1.